The lowest BCUT2D eigenvalue weighted by Gasteiger charge is -2.26. The van der Waals surface area contributed by atoms with Crippen LogP contribution in [-0.2, 0) is 9.53 Å². The normalized spacial score (nSPS) is 15.3. The Balaban J connectivity index is 1.69. The van der Waals surface area contributed by atoms with Gasteiger partial charge in [0.2, 0.25) is 5.91 Å². The smallest absolute Gasteiger partial charge is 0.222 e. The summed E-state index contributed by atoms with van der Waals surface area (Å²) in [5.41, 5.74) is 6.32. The number of nitrogen functional groups attached to an aromatic ring is 1. The zero-order chi connectivity index (χ0) is 14.4. The second-order valence-electron chi connectivity index (χ2n) is 4.64. The highest BCUT2D eigenvalue weighted by Crippen LogP contribution is 2.29. The molecule has 0 unspecified atom stereocenters. The van der Waals surface area contributed by atoms with Crippen molar-refractivity contribution in [3.05, 3.63) is 23.2 Å². The molecule has 0 radical (unpaired) electrons. The van der Waals surface area contributed by atoms with Crippen LogP contribution in [0, 0.1) is 0 Å². The van der Waals surface area contributed by atoms with Gasteiger partial charge in [-0.2, -0.15) is 0 Å². The Bertz CT molecular complexity index is 464. The molecule has 4 nitrogen and oxygen atoms in total. The molecule has 0 aliphatic carbocycles. The van der Waals surface area contributed by atoms with Crippen LogP contribution in [0.5, 0.6) is 0 Å². The summed E-state index contributed by atoms with van der Waals surface area (Å²) in [5.74, 6) is 1.09. The molecule has 1 aliphatic heterocycles. The molecule has 1 heterocycles. The summed E-state index contributed by atoms with van der Waals surface area (Å²) in [6.07, 6.45) is 1.43. The molecule has 6 heteroatoms. The van der Waals surface area contributed by atoms with E-state index in [-0.39, 0.29) is 5.91 Å². The van der Waals surface area contributed by atoms with Gasteiger partial charge in [0.15, 0.2) is 0 Å². The van der Waals surface area contributed by atoms with Crippen LogP contribution in [0.15, 0.2) is 23.1 Å². The van der Waals surface area contributed by atoms with Crippen molar-refractivity contribution in [2.75, 3.05) is 37.8 Å². The second-order valence-corrected chi connectivity index (χ2v) is 6.18. The van der Waals surface area contributed by atoms with E-state index in [0.29, 0.717) is 30.3 Å². The summed E-state index contributed by atoms with van der Waals surface area (Å²) in [5, 5.41) is 0.675. The molecule has 20 heavy (non-hydrogen) atoms. The molecular weight excluding hydrogens is 296 g/mol. The molecule has 0 saturated carbocycles. The maximum Gasteiger partial charge on any atom is 0.222 e. The van der Waals surface area contributed by atoms with E-state index in [4.69, 9.17) is 22.1 Å². The molecule has 0 bridgehead atoms. The minimum absolute atomic E-state index is 0.220. The third-order valence-electron chi connectivity index (χ3n) is 3.11. The van der Waals surface area contributed by atoms with Gasteiger partial charge in [0.25, 0.3) is 0 Å². The zero-order valence-electron chi connectivity index (χ0n) is 11.3. The zero-order valence-corrected chi connectivity index (χ0v) is 12.9. The third kappa shape index (κ3) is 4.58. The Morgan fingerprint density at radius 1 is 1.40 bits per heavy atom. The van der Waals surface area contributed by atoms with E-state index in [9.17, 15) is 4.79 Å². The van der Waals surface area contributed by atoms with E-state index in [1.807, 2.05) is 17.0 Å². The summed E-state index contributed by atoms with van der Waals surface area (Å²) in [4.78, 5) is 14.8. The van der Waals surface area contributed by atoms with E-state index >= 15 is 0 Å². The molecule has 1 aliphatic rings. The number of ether oxygens (including phenoxy) is 1. The van der Waals surface area contributed by atoms with Crippen LogP contribution in [0.3, 0.4) is 0 Å². The van der Waals surface area contributed by atoms with Gasteiger partial charge in [-0.05, 0) is 30.4 Å². The first kappa shape index (κ1) is 15.5. The Hall–Kier alpha value is -0.910. The van der Waals surface area contributed by atoms with Crippen molar-refractivity contribution in [2.24, 2.45) is 0 Å². The molecule has 2 N–H and O–H groups in total. The number of morpholine rings is 1. The number of nitrogens with zero attached hydrogens (tertiary/aromatic N) is 1. The van der Waals surface area contributed by atoms with E-state index in [0.717, 1.165) is 30.2 Å². The van der Waals surface area contributed by atoms with Gasteiger partial charge in [0, 0.05) is 30.1 Å². The van der Waals surface area contributed by atoms with Crippen molar-refractivity contribution in [1.82, 2.24) is 4.90 Å². The monoisotopic (exact) mass is 314 g/mol. The fraction of sp³-hybridized carbons (Fsp3) is 0.500. The first-order chi connectivity index (χ1) is 9.66. The molecule has 0 atom stereocenters. The van der Waals surface area contributed by atoms with Gasteiger partial charge >= 0.3 is 0 Å². The summed E-state index contributed by atoms with van der Waals surface area (Å²) in [6, 6.07) is 5.52. The standard InChI is InChI=1S/C14H19ClN2O2S/c15-12-10-11(16)3-4-13(12)20-9-1-2-14(18)17-5-7-19-8-6-17/h3-4,10H,1-2,5-9,16H2. The lowest BCUT2D eigenvalue weighted by Crippen LogP contribution is -2.40. The van der Waals surface area contributed by atoms with Gasteiger partial charge in [0.1, 0.15) is 0 Å². The molecular formula is C14H19ClN2O2S. The average Bonchev–Trinajstić information content (AvgIpc) is 2.46. The highest BCUT2D eigenvalue weighted by molar-refractivity contribution is 7.99. The molecule has 0 aromatic heterocycles. The van der Waals surface area contributed by atoms with E-state index in [2.05, 4.69) is 0 Å². The Labute approximate surface area is 128 Å². The first-order valence-corrected chi connectivity index (χ1v) is 8.06. The number of hydrogen-bond donors (Lipinski definition) is 1. The maximum absolute atomic E-state index is 11.9. The lowest BCUT2D eigenvalue weighted by molar-refractivity contribution is -0.135. The quantitative estimate of drug-likeness (QED) is 0.516. The maximum atomic E-state index is 11.9. The van der Waals surface area contributed by atoms with Crippen molar-refractivity contribution in [1.29, 1.82) is 0 Å². The van der Waals surface area contributed by atoms with Gasteiger partial charge in [-0.25, -0.2) is 0 Å². The van der Waals surface area contributed by atoms with Gasteiger partial charge in [0.05, 0.1) is 18.2 Å². The largest absolute Gasteiger partial charge is 0.399 e. The number of carbonyl (C=O) groups is 1. The van der Waals surface area contributed by atoms with Gasteiger partial charge in [-0.15, -0.1) is 11.8 Å². The number of hydrogen-bond acceptors (Lipinski definition) is 4. The summed E-state index contributed by atoms with van der Waals surface area (Å²) >= 11 is 7.76. The molecule has 1 aromatic carbocycles. The van der Waals surface area contributed by atoms with E-state index < -0.39 is 0 Å². The van der Waals surface area contributed by atoms with Crippen LogP contribution < -0.4 is 5.73 Å². The predicted molar refractivity (Wildman–Crippen MR) is 83.2 cm³/mol. The number of amides is 1. The summed E-state index contributed by atoms with van der Waals surface area (Å²) < 4.78 is 5.23. The average molecular weight is 315 g/mol. The van der Waals surface area contributed by atoms with Crippen molar-refractivity contribution < 1.29 is 9.53 Å². The van der Waals surface area contributed by atoms with Crippen molar-refractivity contribution in [2.45, 2.75) is 17.7 Å². The minimum atomic E-state index is 0.220. The SMILES string of the molecule is Nc1ccc(SCCCC(=O)N2CCOCC2)c(Cl)c1. The Morgan fingerprint density at radius 2 is 2.15 bits per heavy atom. The third-order valence-corrected chi connectivity index (χ3v) is 4.70. The van der Waals surface area contributed by atoms with Gasteiger partial charge < -0.3 is 15.4 Å². The molecule has 2 rings (SSSR count). The van der Waals surface area contributed by atoms with Gasteiger partial charge in [-0.1, -0.05) is 11.6 Å². The minimum Gasteiger partial charge on any atom is -0.399 e. The van der Waals surface area contributed by atoms with Crippen LogP contribution in [0.2, 0.25) is 5.02 Å². The molecule has 110 valence electrons. The predicted octanol–water partition coefficient (Wildman–Crippen LogP) is 2.65. The fourth-order valence-electron chi connectivity index (χ4n) is 2.01. The highest BCUT2D eigenvalue weighted by atomic mass is 35.5. The molecule has 0 spiro atoms. The number of anilines is 1. The summed E-state index contributed by atoms with van der Waals surface area (Å²) in [6.45, 7) is 2.74. The second kappa shape index (κ2) is 7.76. The number of halogens is 1. The number of benzene rings is 1. The first-order valence-electron chi connectivity index (χ1n) is 6.70. The topological polar surface area (TPSA) is 55.6 Å². The van der Waals surface area contributed by atoms with Crippen LogP contribution in [-0.4, -0.2) is 42.9 Å². The molecule has 1 fully saturated rings. The van der Waals surface area contributed by atoms with Gasteiger partial charge in [-0.3, -0.25) is 4.79 Å². The fourth-order valence-corrected chi connectivity index (χ4v) is 3.23. The van der Waals surface area contributed by atoms with Crippen LogP contribution in [0.4, 0.5) is 5.69 Å². The Morgan fingerprint density at radius 3 is 2.85 bits per heavy atom. The summed E-state index contributed by atoms with van der Waals surface area (Å²) in [7, 11) is 0. The highest BCUT2D eigenvalue weighted by Gasteiger charge is 2.16. The number of rotatable bonds is 5. The Kier molecular flexibility index (Phi) is 6.01. The van der Waals surface area contributed by atoms with Crippen LogP contribution in [0.25, 0.3) is 0 Å². The van der Waals surface area contributed by atoms with Crippen molar-refractivity contribution in [3.8, 4) is 0 Å². The molecule has 1 aromatic rings. The van der Waals surface area contributed by atoms with E-state index in [1.54, 1.807) is 17.8 Å². The van der Waals surface area contributed by atoms with Crippen molar-refractivity contribution in [3.63, 3.8) is 0 Å². The number of nitrogens with two attached hydrogens (primary N) is 1. The molecule has 1 amide bonds. The van der Waals surface area contributed by atoms with Crippen LogP contribution in [0.1, 0.15) is 12.8 Å². The number of thioether (sulfide) groups is 1. The number of carbonyl (C=O) groups excluding carboxylic acids is 1. The lowest BCUT2D eigenvalue weighted by atomic mass is 10.3. The van der Waals surface area contributed by atoms with Crippen LogP contribution >= 0.6 is 23.4 Å². The van der Waals surface area contributed by atoms with Crippen molar-refractivity contribution >= 4 is 35.0 Å². The molecule has 1 saturated heterocycles. The van der Waals surface area contributed by atoms with E-state index in [1.165, 1.54) is 0 Å².